The van der Waals surface area contributed by atoms with Gasteiger partial charge in [0.2, 0.25) is 0 Å². The van der Waals surface area contributed by atoms with Crippen LogP contribution in [-0.4, -0.2) is 36.7 Å². The molecule has 1 aliphatic heterocycles. The minimum absolute atomic E-state index is 0.240. The number of anilines is 2. The second kappa shape index (κ2) is 11.3. The number of amides is 2. The molecule has 2 aromatic carbocycles. The van der Waals surface area contributed by atoms with Crippen LogP contribution in [0.3, 0.4) is 0 Å². The number of benzene rings is 2. The highest BCUT2D eigenvalue weighted by molar-refractivity contribution is 6.06. The molecule has 1 fully saturated rings. The Kier molecular flexibility index (Phi) is 8.47. The smallest absolute Gasteiger partial charge is 0.412 e. The fourth-order valence-electron chi connectivity index (χ4n) is 3.89. The molecule has 1 aliphatic rings. The van der Waals surface area contributed by atoms with Crippen LogP contribution in [0.25, 0.3) is 0 Å². The van der Waals surface area contributed by atoms with Gasteiger partial charge in [0.05, 0.1) is 11.4 Å². The van der Waals surface area contributed by atoms with Gasteiger partial charge in [-0.25, -0.2) is 4.79 Å². The van der Waals surface area contributed by atoms with Crippen molar-refractivity contribution in [1.82, 2.24) is 10.6 Å². The third-order valence-electron chi connectivity index (χ3n) is 5.57. The highest BCUT2D eigenvalue weighted by Gasteiger charge is 2.19. The Morgan fingerprint density at radius 2 is 1.73 bits per heavy atom. The van der Waals surface area contributed by atoms with E-state index >= 15 is 0 Å². The number of carbonyl (C=O) groups excluding carboxylic acids is 2. The van der Waals surface area contributed by atoms with Crippen LogP contribution in [0.5, 0.6) is 0 Å². The van der Waals surface area contributed by atoms with Gasteiger partial charge in [-0.3, -0.25) is 10.1 Å². The first kappa shape index (κ1) is 24.7. The zero-order valence-electron chi connectivity index (χ0n) is 20.0. The third kappa shape index (κ3) is 7.58. The first-order valence-corrected chi connectivity index (χ1v) is 11.7. The van der Waals surface area contributed by atoms with Crippen LogP contribution in [0.1, 0.15) is 68.9 Å². The molecular formula is C26H36N4O3. The number of rotatable bonds is 8. The molecule has 2 unspecified atom stereocenters. The molecule has 7 nitrogen and oxygen atoms in total. The standard InChI is InChI=1S/C26H36N4O3/c1-5-21(28-17-20-9-8-16-27-20)18-12-14-19(15-13-18)24(31)29-22-10-6-7-11-23(22)30-25(32)33-26(2,3)4/h6-7,10-15,20-21,27-28H,5,8-9,16-17H2,1-4H3,(H,29,31)(H,30,32). The average Bonchev–Trinajstić information content (AvgIpc) is 3.28. The maximum absolute atomic E-state index is 12.9. The highest BCUT2D eigenvalue weighted by atomic mass is 16.6. The van der Waals surface area contributed by atoms with Crippen molar-refractivity contribution in [3.63, 3.8) is 0 Å². The largest absolute Gasteiger partial charge is 0.444 e. The van der Waals surface area contributed by atoms with Crippen LogP contribution in [0.4, 0.5) is 16.2 Å². The number of hydrogen-bond acceptors (Lipinski definition) is 5. The van der Waals surface area contributed by atoms with E-state index in [0.717, 1.165) is 19.5 Å². The zero-order valence-corrected chi connectivity index (χ0v) is 20.0. The molecule has 0 radical (unpaired) electrons. The molecule has 1 saturated heterocycles. The average molecular weight is 453 g/mol. The van der Waals surface area contributed by atoms with Crippen LogP contribution < -0.4 is 21.3 Å². The lowest BCUT2D eigenvalue weighted by atomic mass is 10.0. The molecule has 1 heterocycles. The summed E-state index contributed by atoms with van der Waals surface area (Å²) in [5.74, 6) is -0.240. The van der Waals surface area contributed by atoms with Crippen LogP contribution >= 0.6 is 0 Å². The molecular weight excluding hydrogens is 416 g/mol. The summed E-state index contributed by atoms with van der Waals surface area (Å²) in [6, 6.07) is 15.5. The monoisotopic (exact) mass is 452 g/mol. The van der Waals surface area contributed by atoms with Gasteiger partial charge in [-0.05, 0) is 76.4 Å². The second-order valence-corrected chi connectivity index (χ2v) is 9.41. The molecule has 0 aromatic heterocycles. The van der Waals surface area contributed by atoms with Gasteiger partial charge in [0, 0.05) is 24.2 Å². The van der Waals surface area contributed by atoms with E-state index in [-0.39, 0.29) is 11.9 Å². The minimum Gasteiger partial charge on any atom is -0.444 e. The van der Waals surface area contributed by atoms with E-state index in [1.165, 1.54) is 18.4 Å². The summed E-state index contributed by atoms with van der Waals surface area (Å²) in [5, 5.41) is 12.7. The topological polar surface area (TPSA) is 91.5 Å². The number of ether oxygens (including phenoxy) is 1. The normalized spacial score (nSPS) is 16.8. The van der Waals surface area contributed by atoms with Gasteiger partial charge < -0.3 is 20.7 Å². The van der Waals surface area contributed by atoms with Gasteiger partial charge in [0.25, 0.3) is 5.91 Å². The van der Waals surface area contributed by atoms with Crippen molar-refractivity contribution in [2.75, 3.05) is 23.7 Å². The Bertz CT molecular complexity index is 931. The van der Waals surface area contributed by atoms with E-state index in [1.54, 1.807) is 45.0 Å². The van der Waals surface area contributed by atoms with Crippen molar-refractivity contribution < 1.29 is 14.3 Å². The lowest BCUT2D eigenvalue weighted by molar-refractivity contribution is 0.0635. The summed E-state index contributed by atoms with van der Waals surface area (Å²) >= 11 is 0. The molecule has 2 atom stereocenters. The van der Waals surface area contributed by atoms with Crippen molar-refractivity contribution >= 4 is 23.4 Å². The van der Waals surface area contributed by atoms with Crippen molar-refractivity contribution in [2.45, 2.75) is 64.6 Å². The zero-order chi connectivity index (χ0) is 23.8. The van der Waals surface area contributed by atoms with E-state index < -0.39 is 11.7 Å². The maximum Gasteiger partial charge on any atom is 0.412 e. The predicted molar refractivity (Wildman–Crippen MR) is 133 cm³/mol. The maximum atomic E-state index is 12.9. The Balaban J connectivity index is 1.62. The first-order chi connectivity index (χ1) is 15.7. The molecule has 178 valence electrons. The molecule has 2 amide bonds. The third-order valence-corrected chi connectivity index (χ3v) is 5.57. The molecule has 33 heavy (non-hydrogen) atoms. The van der Waals surface area contributed by atoms with E-state index in [9.17, 15) is 9.59 Å². The molecule has 2 aromatic rings. The van der Waals surface area contributed by atoms with Crippen LogP contribution in [0.15, 0.2) is 48.5 Å². The second-order valence-electron chi connectivity index (χ2n) is 9.41. The number of nitrogens with one attached hydrogen (secondary N) is 4. The summed E-state index contributed by atoms with van der Waals surface area (Å²) in [6.07, 6.45) is 2.86. The Labute approximate surface area is 196 Å². The number of carbonyl (C=O) groups is 2. The summed E-state index contributed by atoms with van der Waals surface area (Å²) in [7, 11) is 0. The van der Waals surface area contributed by atoms with E-state index in [2.05, 4.69) is 28.2 Å². The Hall–Kier alpha value is -2.90. The SMILES string of the molecule is CCC(NCC1CCCN1)c1ccc(C(=O)Nc2ccccc2NC(=O)OC(C)(C)C)cc1. The lowest BCUT2D eigenvalue weighted by Crippen LogP contribution is -2.35. The van der Waals surface area contributed by atoms with E-state index in [1.807, 2.05) is 24.3 Å². The molecule has 7 heteroatoms. The van der Waals surface area contributed by atoms with Crippen molar-refractivity contribution in [1.29, 1.82) is 0 Å². The van der Waals surface area contributed by atoms with Crippen LogP contribution in [0.2, 0.25) is 0 Å². The fourth-order valence-corrected chi connectivity index (χ4v) is 3.89. The predicted octanol–water partition coefficient (Wildman–Crippen LogP) is 5.08. The summed E-state index contributed by atoms with van der Waals surface area (Å²) in [4.78, 5) is 25.0. The summed E-state index contributed by atoms with van der Waals surface area (Å²) < 4.78 is 5.31. The van der Waals surface area contributed by atoms with Gasteiger partial charge in [-0.15, -0.1) is 0 Å². The summed E-state index contributed by atoms with van der Waals surface area (Å²) in [6.45, 7) is 9.61. The summed E-state index contributed by atoms with van der Waals surface area (Å²) in [5.41, 5.74) is 2.10. The molecule has 0 saturated carbocycles. The fraction of sp³-hybridized carbons (Fsp3) is 0.462. The van der Waals surface area contributed by atoms with Gasteiger partial charge in [0.15, 0.2) is 0 Å². The number of hydrogen-bond donors (Lipinski definition) is 4. The molecule has 0 aliphatic carbocycles. The van der Waals surface area contributed by atoms with Gasteiger partial charge in [0.1, 0.15) is 5.60 Å². The first-order valence-electron chi connectivity index (χ1n) is 11.7. The van der Waals surface area contributed by atoms with Crippen molar-refractivity contribution in [2.24, 2.45) is 0 Å². The Morgan fingerprint density at radius 1 is 1.06 bits per heavy atom. The quantitative estimate of drug-likeness (QED) is 0.448. The molecule has 3 rings (SSSR count). The number of para-hydroxylation sites is 2. The van der Waals surface area contributed by atoms with E-state index in [4.69, 9.17) is 4.74 Å². The van der Waals surface area contributed by atoms with E-state index in [0.29, 0.717) is 23.0 Å². The van der Waals surface area contributed by atoms with Crippen LogP contribution in [-0.2, 0) is 4.74 Å². The van der Waals surface area contributed by atoms with Crippen LogP contribution in [0, 0.1) is 0 Å². The van der Waals surface area contributed by atoms with Crippen molar-refractivity contribution in [3.05, 3.63) is 59.7 Å². The minimum atomic E-state index is -0.608. The molecule has 0 spiro atoms. The highest BCUT2D eigenvalue weighted by Crippen LogP contribution is 2.24. The lowest BCUT2D eigenvalue weighted by Gasteiger charge is -2.21. The molecule has 4 N–H and O–H groups in total. The Morgan fingerprint density at radius 3 is 2.30 bits per heavy atom. The van der Waals surface area contributed by atoms with Gasteiger partial charge in [-0.2, -0.15) is 0 Å². The van der Waals surface area contributed by atoms with Gasteiger partial charge in [-0.1, -0.05) is 31.2 Å². The van der Waals surface area contributed by atoms with Crippen molar-refractivity contribution in [3.8, 4) is 0 Å². The molecule has 0 bridgehead atoms. The van der Waals surface area contributed by atoms with Gasteiger partial charge >= 0.3 is 6.09 Å².